The van der Waals surface area contributed by atoms with E-state index in [0.717, 1.165) is 21.2 Å². The summed E-state index contributed by atoms with van der Waals surface area (Å²) in [7, 11) is 0. The predicted octanol–water partition coefficient (Wildman–Crippen LogP) is 4.75. The van der Waals surface area contributed by atoms with Crippen LogP contribution in [0.25, 0.3) is 11.1 Å². The van der Waals surface area contributed by atoms with Gasteiger partial charge < -0.3 is 0 Å². The second-order valence-electron chi connectivity index (χ2n) is 3.35. The van der Waals surface area contributed by atoms with Gasteiger partial charge in [-0.15, -0.1) is 6.42 Å². The summed E-state index contributed by atoms with van der Waals surface area (Å²) in [5.41, 5.74) is 2.91. The van der Waals surface area contributed by atoms with Crippen molar-refractivity contribution in [2.45, 2.75) is 0 Å². The lowest BCUT2D eigenvalue weighted by Crippen LogP contribution is -1.84. The SMILES string of the molecule is C#Cc1ccccc1-c1cc(Cl)cc(Br)c1. The van der Waals surface area contributed by atoms with E-state index in [4.69, 9.17) is 18.0 Å². The van der Waals surface area contributed by atoms with Gasteiger partial charge in [0.1, 0.15) is 0 Å². The molecule has 0 aliphatic rings. The average molecular weight is 292 g/mol. The van der Waals surface area contributed by atoms with Crippen molar-refractivity contribution in [2.75, 3.05) is 0 Å². The third kappa shape index (κ3) is 2.29. The van der Waals surface area contributed by atoms with E-state index in [1.54, 1.807) is 0 Å². The normalized spacial score (nSPS) is 9.81. The lowest BCUT2D eigenvalue weighted by Gasteiger charge is -2.06. The fourth-order valence-corrected chi connectivity index (χ4v) is 2.43. The molecule has 0 spiro atoms. The summed E-state index contributed by atoms with van der Waals surface area (Å²) >= 11 is 9.43. The Morgan fingerprint density at radius 3 is 2.56 bits per heavy atom. The first-order chi connectivity index (χ1) is 7.70. The highest BCUT2D eigenvalue weighted by atomic mass is 79.9. The molecule has 16 heavy (non-hydrogen) atoms. The van der Waals surface area contributed by atoms with E-state index in [-0.39, 0.29) is 0 Å². The van der Waals surface area contributed by atoms with Crippen LogP contribution in [0.15, 0.2) is 46.9 Å². The molecular formula is C14H8BrCl. The van der Waals surface area contributed by atoms with E-state index in [0.29, 0.717) is 5.02 Å². The molecule has 78 valence electrons. The van der Waals surface area contributed by atoms with Crippen molar-refractivity contribution in [1.82, 2.24) is 0 Å². The molecule has 0 heterocycles. The zero-order valence-electron chi connectivity index (χ0n) is 8.37. The van der Waals surface area contributed by atoms with Gasteiger partial charge in [-0.05, 0) is 35.4 Å². The van der Waals surface area contributed by atoms with Crippen LogP contribution < -0.4 is 0 Å². The number of rotatable bonds is 1. The molecule has 0 amide bonds. The molecule has 0 aliphatic heterocycles. The number of benzene rings is 2. The van der Waals surface area contributed by atoms with Gasteiger partial charge in [-0.2, -0.15) is 0 Å². The number of halogens is 2. The van der Waals surface area contributed by atoms with E-state index in [9.17, 15) is 0 Å². The molecular weight excluding hydrogens is 284 g/mol. The van der Waals surface area contributed by atoms with E-state index >= 15 is 0 Å². The summed E-state index contributed by atoms with van der Waals surface area (Å²) in [6.45, 7) is 0. The largest absolute Gasteiger partial charge is 0.115 e. The van der Waals surface area contributed by atoms with E-state index in [2.05, 4.69) is 21.9 Å². The fraction of sp³-hybridized carbons (Fsp3) is 0. The van der Waals surface area contributed by atoms with Gasteiger partial charge in [0.15, 0.2) is 0 Å². The second kappa shape index (κ2) is 4.74. The Balaban J connectivity index is 2.63. The van der Waals surface area contributed by atoms with Crippen molar-refractivity contribution in [3.05, 3.63) is 57.5 Å². The Kier molecular flexibility index (Phi) is 3.33. The zero-order valence-corrected chi connectivity index (χ0v) is 10.7. The maximum atomic E-state index is 6.01. The van der Waals surface area contributed by atoms with Gasteiger partial charge in [-0.25, -0.2) is 0 Å². The second-order valence-corrected chi connectivity index (χ2v) is 4.70. The Bertz CT molecular complexity index is 547. The van der Waals surface area contributed by atoms with Crippen LogP contribution in [0.5, 0.6) is 0 Å². The van der Waals surface area contributed by atoms with Crippen LogP contribution in [0.3, 0.4) is 0 Å². The molecule has 0 saturated carbocycles. The number of hydrogen-bond donors (Lipinski definition) is 0. The van der Waals surface area contributed by atoms with Gasteiger partial charge in [0.25, 0.3) is 0 Å². The Morgan fingerprint density at radius 2 is 1.88 bits per heavy atom. The van der Waals surface area contributed by atoms with Crippen molar-refractivity contribution in [2.24, 2.45) is 0 Å². The minimum Gasteiger partial charge on any atom is -0.115 e. The highest BCUT2D eigenvalue weighted by molar-refractivity contribution is 9.10. The fourth-order valence-electron chi connectivity index (χ4n) is 1.57. The zero-order chi connectivity index (χ0) is 11.5. The smallest absolute Gasteiger partial charge is 0.0423 e. The summed E-state index contributed by atoms with van der Waals surface area (Å²) in [6, 6.07) is 13.6. The van der Waals surface area contributed by atoms with Crippen LogP contribution in [0.4, 0.5) is 0 Å². The first-order valence-electron chi connectivity index (χ1n) is 4.73. The summed E-state index contributed by atoms with van der Waals surface area (Å²) in [6.07, 6.45) is 5.47. The van der Waals surface area contributed by atoms with E-state index < -0.39 is 0 Å². The van der Waals surface area contributed by atoms with Crippen LogP contribution in [-0.4, -0.2) is 0 Å². The van der Waals surface area contributed by atoms with Crippen LogP contribution in [0.2, 0.25) is 5.02 Å². The van der Waals surface area contributed by atoms with Crippen LogP contribution in [0.1, 0.15) is 5.56 Å². The molecule has 0 nitrogen and oxygen atoms in total. The highest BCUT2D eigenvalue weighted by Crippen LogP contribution is 2.29. The van der Waals surface area contributed by atoms with Crippen molar-refractivity contribution < 1.29 is 0 Å². The molecule has 0 fully saturated rings. The highest BCUT2D eigenvalue weighted by Gasteiger charge is 2.04. The minimum absolute atomic E-state index is 0.691. The number of terminal acetylenes is 1. The molecule has 2 rings (SSSR count). The standard InChI is InChI=1S/C14H8BrCl/c1-2-10-5-3-4-6-14(10)11-7-12(15)9-13(16)8-11/h1,3-9H. The molecule has 0 aliphatic carbocycles. The van der Waals surface area contributed by atoms with Crippen LogP contribution in [-0.2, 0) is 0 Å². The van der Waals surface area contributed by atoms with Gasteiger partial charge in [-0.3, -0.25) is 0 Å². The monoisotopic (exact) mass is 290 g/mol. The summed E-state index contributed by atoms with van der Waals surface area (Å²) in [5.74, 6) is 2.67. The van der Waals surface area contributed by atoms with E-state index in [1.165, 1.54) is 0 Å². The molecule has 0 bridgehead atoms. The first-order valence-corrected chi connectivity index (χ1v) is 5.90. The molecule has 0 aromatic heterocycles. The molecule has 2 heteroatoms. The predicted molar refractivity (Wildman–Crippen MR) is 72.5 cm³/mol. The quantitative estimate of drug-likeness (QED) is 0.665. The molecule has 2 aromatic carbocycles. The van der Waals surface area contributed by atoms with Crippen molar-refractivity contribution >= 4 is 27.5 Å². The van der Waals surface area contributed by atoms with Crippen LogP contribution >= 0.6 is 27.5 Å². The topological polar surface area (TPSA) is 0 Å². The molecule has 0 unspecified atom stereocenters. The molecule has 0 saturated heterocycles. The minimum atomic E-state index is 0.691. The van der Waals surface area contributed by atoms with Crippen molar-refractivity contribution in [3.63, 3.8) is 0 Å². The average Bonchev–Trinajstić information content (AvgIpc) is 2.27. The molecule has 2 aromatic rings. The lowest BCUT2D eigenvalue weighted by molar-refractivity contribution is 1.56. The van der Waals surface area contributed by atoms with Gasteiger partial charge >= 0.3 is 0 Å². The van der Waals surface area contributed by atoms with Crippen molar-refractivity contribution in [1.29, 1.82) is 0 Å². The molecule has 0 radical (unpaired) electrons. The van der Waals surface area contributed by atoms with Gasteiger partial charge in [0.2, 0.25) is 0 Å². The lowest BCUT2D eigenvalue weighted by atomic mass is 10.0. The maximum Gasteiger partial charge on any atom is 0.0423 e. The number of hydrogen-bond acceptors (Lipinski definition) is 0. The summed E-state index contributed by atoms with van der Waals surface area (Å²) in [5, 5.41) is 0.691. The first kappa shape index (κ1) is 11.3. The van der Waals surface area contributed by atoms with Crippen molar-refractivity contribution in [3.8, 4) is 23.5 Å². The van der Waals surface area contributed by atoms with Gasteiger partial charge in [-0.1, -0.05) is 51.7 Å². The van der Waals surface area contributed by atoms with Gasteiger partial charge in [0, 0.05) is 15.1 Å². The van der Waals surface area contributed by atoms with Gasteiger partial charge in [0.05, 0.1) is 0 Å². The Morgan fingerprint density at radius 1 is 1.12 bits per heavy atom. The molecule has 0 atom stereocenters. The van der Waals surface area contributed by atoms with Crippen LogP contribution in [0, 0.1) is 12.3 Å². The molecule has 0 N–H and O–H groups in total. The summed E-state index contributed by atoms with van der Waals surface area (Å²) < 4.78 is 0.946. The Hall–Kier alpha value is -1.23. The Labute approximate surface area is 108 Å². The van der Waals surface area contributed by atoms with E-state index in [1.807, 2.05) is 42.5 Å². The third-order valence-corrected chi connectivity index (χ3v) is 2.93. The maximum absolute atomic E-state index is 6.01. The summed E-state index contributed by atoms with van der Waals surface area (Å²) in [4.78, 5) is 0. The third-order valence-electron chi connectivity index (χ3n) is 2.26.